The fraction of sp³-hybridized carbons (Fsp3) is 0.692. The van der Waals surface area contributed by atoms with Gasteiger partial charge in [0.1, 0.15) is 0 Å². The molecule has 0 bridgehead atoms. The standard InChI is InChI=1S/C7H11N.C6H15N/c1-3-7-5-4-6-8(7)2;1-4-7(5-2)6-3/h4-6H,3H2,1-2H3;4-6H2,1-3H3/p+1. The van der Waals surface area contributed by atoms with Gasteiger partial charge >= 0.3 is 0 Å². The summed E-state index contributed by atoms with van der Waals surface area (Å²) >= 11 is 0. The maximum atomic E-state index is 2.22. The first-order valence-corrected chi connectivity index (χ1v) is 6.13. The quantitative estimate of drug-likeness (QED) is 0.773. The van der Waals surface area contributed by atoms with Gasteiger partial charge in [0, 0.05) is 18.9 Å². The van der Waals surface area contributed by atoms with E-state index in [1.54, 1.807) is 4.90 Å². The minimum absolute atomic E-state index is 1.13. The van der Waals surface area contributed by atoms with Crippen LogP contribution in [0.15, 0.2) is 18.3 Å². The number of aromatic nitrogens is 1. The third kappa shape index (κ3) is 5.63. The zero-order valence-corrected chi connectivity index (χ0v) is 11.0. The molecule has 0 saturated carbocycles. The molecule has 2 heteroatoms. The van der Waals surface area contributed by atoms with E-state index in [4.69, 9.17) is 0 Å². The summed E-state index contributed by atoms with van der Waals surface area (Å²) in [5, 5.41) is 0. The highest BCUT2D eigenvalue weighted by Crippen LogP contribution is 1.98. The van der Waals surface area contributed by atoms with Gasteiger partial charge in [-0.2, -0.15) is 0 Å². The Bertz CT molecular complexity index is 231. The number of rotatable bonds is 4. The van der Waals surface area contributed by atoms with Gasteiger partial charge in [-0.1, -0.05) is 6.92 Å². The Balaban J connectivity index is 0.000000265. The molecule has 0 amide bonds. The van der Waals surface area contributed by atoms with Crippen LogP contribution in [0.1, 0.15) is 33.4 Å². The Morgan fingerprint density at radius 3 is 1.73 bits per heavy atom. The Morgan fingerprint density at radius 1 is 1.07 bits per heavy atom. The number of hydrogen-bond acceptors (Lipinski definition) is 0. The molecule has 1 N–H and O–H groups in total. The van der Waals surface area contributed by atoms with E-state index in [-0.39, 0.29) is 0 Å². The molecular formula is C13H27N2+. The highest BCUT2D eigenvalue weighted by molar-refractivity contribution is 5.05. The van der Waals surface area contributed by atoms with Crippen LogP contribution in [0.4, 0.5) is 0 Å². The van der Waals surface area contributed by atoms with E-state index in [2.05, 4.69) is 57.6 Å². The van der Waals surface area contributed by atoms with E-state index < -0.39 is 0 Å². The van der Waals surface area contributed by atoms with Gasteiger partial charge in [-0.15, -0.1) is 0 Å². The van der Waals surface area contributed by atoms with Crippen LogP contribution in [-0.4, -0.2) is 24.2 Å². The third-order valence-electron chi connectivity index (χ3n) is 2.91. The topological polar surface area (TPSA) is 9.37 Å². The molecule has 1 aromatic heterocycles. The highest BCUT2D eigenvalue weighted by Gasteiger charge is 1.92. The van der Waals surface area contributed by atoms with E-state index in [1.807, 2.05) is 0 Å². The molecule has 1 heterocycles. The molecule has 15 heavy (non-hydrogen) atoms. The van der Waals surface area contributed by atoms with Crippen molar-refractivity contribution in [2.24, 2.45) is 7.05 Å². The van der Waals surface area contributed by atoms with Crippen molar-refractivity contribution in [2.75, 3.05) is 19.6 Å². The van der Waals surface area contributed by atoms with Crippen LogP contribution in [0.2, 0.25) is 0 Å². The van der Waals surface area contributed by atoms with Crippen LogP contribution in [0.5, 0.6) is 0 Å². The fourth-order valence-corrected chi connectivity index (χ4v) is 1.61. The summed E-state index contributed by atoms with van der Waals surface area (Å²) in [5.74, 6) is 0. The minimum atomic E-state index is 1.13. The Hall–Kier alpha value is -0.760. The van der Waals surface area contributed by atoms with Gasteiger partial charge in [-0.3, -0.25) is 0 Å². The minimum Gasteiger partial charge on any atom is -0.354 e. The van der Waals surface area contributed by atoms with Crippen LogP contribution in [-0.2, 0) is 13.5 Å². The Morgan fingerprint density at radius 2 is 1.60 bits per heavy atom. The second-order valence-electron chi connectivity index (χ2n) is 3.77. The van der Waals surface area contributed by atoms with E-state index in [0.717, 1.165) is 6.42 Å². The molecule has 1 aromatic rings. The fourth-order valence-electron chi connectivity index (χ4n) is 1.61. The van der Waals surface area contributed by atoms with E-state index in [1.165, 1.54) is 25.3 Å². The van der Waals surface area contributed by atoms with Crippen LogP contribution < -0.4 is 4.90 Å². The Labute approximate surface area is 94.9 Å². The molecule has 0 saturated heterocycles. The molecule has 2 nitrogen and oxygen atoms in total. The van der Waals surface area contributed by atoms with Crippen molar-refractivity contribution in [2.45, 2.75) is 34.1 Å². The van der Waals surface area contributed by atoms with Crippen molar-refractivity contribution < 1.29 is 4.90 Å². The van der Waals surface area contributed by atoms with Crippen molar-refractivity contribution in [1.29, 1.82) is 0 Å². The molecule has 0 aliphatic heterocycles. The summed E-state index contributed by atoms with van der Waals surface area (Å²) in [7, 11) is 2.07. The van der Waals surface area contributed by atoms with Gasteiger partial charge in [0.2, 0.25) is 0 Å². The van der Waals surface area contributed by atoms with Gasteiger partial charge in [0.25, 0.3) is 0 Å². The van der Waals surface area contributed by atoms with Crippen molar-refractivity contribution in [3.63, 3.8) is 0 Å². The summed E-state index contributed by atoms with van der Waals surface area (Å²) in [5.41, 5.74) is 1.39. The average Bonchev–Trinajstić information content (AvgIpc) is 2.67. The van der Waals surface area contributed by atoms with Crippen LogP contribution in [0, 0.1) is 0 Å². The second kappa shape index (κ2) is 8.54. The third-order valence-corrected chi connectivity index (χ3v) is 2.91. The normalized spacial score (nSPS) is 10.0. The van der Waals surface area contributed by atoms with Crippen LogP contribution in [0.25, 0.3) is 0 Å². The number of hydrogen-bond donors (Lipinski definition) is 1. The lowest BCUT2D eigenvalue weighted by Crippen LogP contribution is -3.11. The van der Waals surface area contributed by atoms with Crippen molar-refractivity contribution >= 4 is 0 Å². The summed E-state index contributed by atoms with van der Waals surface area (Å²) < 4.78 is 2.14. The zero-order chi connectivity index (χ0) is 11.7. The first kappa shape index (κ1) is 14.2. The monoisotopic (exact) mass is 211 g/mol. The smallest absolute Gasteiger partial charge is 0.0742 e. The van der Waals surface area contributed by atoms with Gasteiger partial charge in [0.05, 0.1) is 19.6 Å². The van der Waals surface area contributed by atoms with Gasteiger partial charge in [-0.25, -0.2) is 0 Å². The average molecular weight is 211 g/mol. The van der Waals surface area contributed by atoms with Gasteiger partial charge in [0.15, 0.2) is 0 Å². The van der Waals surface area contributed by atoms with Crippen molar-refractivity contribution in [1.82, 2.24) is 4.57 Å². The predicted molar refractivity (Wildman–Crippen MR) is 67.4 cm³/mol. The molecule has 0 aliphatic carbocycles. The molecule has 0 aromatic carbocycles. The van der Waals surface area contributed by atoms with Crippen LogP contribution in [0.3, 0.4) is 0 Å². The lowest BCUT2D eigenvalue weighted by molar-refractivity contribution is -0.894. The largest absolute Gasteiger partial charge is 0.354 e. The van der Waals surface area contributed by atoms with Crippen molar-refractivity contribution in [3.8, 4) is 0 Å². The number of aryl methyl sites for hydroxylation is 2. The molecule has 1 rings (SSSR count). The lowest BCUT2D eigenvalue weighted by atomic mass is 10.3. The molecular weight excluding hydrogens is 184 g/mol. The van der Waals surface area contributed by atoms with Crippen molar-refractivity contribution in [3.05, 3.63) is 24.0 Å². The highest BCUT2D eigenvalue weighted by atomic mass is 15.1. The zero-order valence-electron chi connectivity index (χ0n) is 11.0. The van der Waals surface area contributed by atoms with Crippen LogP contribution >= 0.6 is 0 Å². The maximum Gasteiger partial charge on any atom is 0.0742 e. The molecule has 0 aliphatic rings. The summed E-state index contributed by atoms with van der Waals surface area (Å²) in [4.78, 5) is 1.68. The molecule has 0 atom stereocenters. The summed E-state index contributed by atoms with van der Waals surface area (Å²) in [6.07, 6.45) is 3.20. The van der Waals surface area contributed by atoms with E-state index >= 15 is 0 Å². The molecule has 0 spiro atoms. The second-order valence-corrected chi connectivity index (χ2v) is 3.77. The number of quaternary nitrogens is 1. The molecule has 88 valence electrons. The number of nitrogens with zero attached hydrogens (tertiary/aromatic N) is 1. The van der Waals surface area contributed by atoms with Gasteiger partial charge in [-0.05, 0) is 39.3 Å². The Kier molecular flexibility index (Phi) is 8.11. The number of nitrogens with one attached hydrogen (secondary N) is 1. The SMILES string of the molecule is CC[NH+](CC)CC.CCc1cccn1C. The first-order valence-electron chi connectivity index (χ1n) is 6.13. The maximum absolute atomic E-state index is 2.22. The predicted octanol–water partition coefficient (Wildman–Crippen LogP) is 1.52. The molecule has 0 fully saturated rings. The molecule has 0 radical (unpaired) electrons. The summed E-state index contributed by atoms with van der Waals surface area (Å²) in [6.45, 7) is 12.6. The van der Waals surface area contributed by atoms with Gasteiger partial charge < -0.3 is 9.47 Å². The van der Waals surface area contributed by atoms with E-state index in [0.29, 0.717) is 0 Å². The molecule has 0 unspecified atom stereocenters. The first-order chi connectivity index (χ1) is 7.19. The lowest BCUT2D eigenvalue weighted by Gasteiger charge is -2.10. The van der Waals surface area contributed by atoms with E-state index in [9.17, 15) is 0 Å². The summed E-state index contributed by atoms with van der Waals surface area (Å²) in [6, 6.07) is 4.21.